The minimum absolute atomic E-state index is 0.0566. The predicted octanol–water partition coefficient (Wildman–Crippen LogP) is 2.71. The highest BCUT2D eigenvalue weighted by atomic mass is 16.5. The van der Waals surface area contributed by atoms with E-state index in [4.69, 9.17) is 15.2 Å². The fourth-order valence-electron chi connectivity index (χ4n) is 4.96. The zero-order chi connectivity index (χ0) is 28.8. The number of rotatable bonds is 17. The number of benzene rings is 1. The van der Waals surface area contributed by atoms with E-state index in [-0.39, 0.29) is 36.1 Å². The second kappa shape index (κ2) is 16.8. The molecule has 1 heterocycles. The first-order valence-corrected chi connectivity index (χ1v) is 14.5. The molecule has 1 aliphatic heterocycles. The third-order valence-corrected chi connectivity index (χ3v) is 8.04. The van der Waals surface area contributed by atoms with Gasteiger partial charge in [-0.05, 0) is 75.1 Å². The number of hydrogen-bond acceptors (Lipinski definition) is 7. The standard InChI is InChI=1S/C30H52N4O5/c1-21(2)22(18-33-28(36)24-12-6-7-13-27(24)39-16-9-8-15-38-5)17-25(31)26(35)20-34-29(37)30(3,4)23-11-10-14-32-19-23/h6-7,12-13,21-23,25-26,32,35H,8-11,14-20,31H2,1-5H3,(H,33,36)(H,34,37)/t22-,23-,25+,26+/m1/s1. The van der Waals surface area contributed by atoms with Crippen LogP contribution in [-0.2, 0) is 9.53 Å². The van der Waals surface area contributed by atoms with Gasteiger partial charge >= 0.3 is 0 Å². The number of piperidine rings is 1. The molecule has 2 rings (SSSR count). The van der Waals surface area contributed by atoms with Gasteiger partial charge in [0.1, 0.15) is 5.75 Å². The van der Waals surface area contributed by atoms with Crippen molar-refractivity contribution in [2.45, 2.75) is 71.9 Å². The van der Waals surface area contributed by atoms with E-state index in [1.165, 1.54) is 0 Å². The highest BCUT2D eigenvalue weighted by molar-refractivity contribution is 5.96. The molecule has 0 radical (unpaired) electrons. The molecule has 0 aromatic heterocycles. The van der Waals surface area contributed by atoms with Crippen molar-refractivity contribution in [3.8, 4) is 5.75 Å². The second-order valence-electron chi connectivity index (χ2n) is 11.7. The Hall–Kier alpha value is -2.20. The Labute approximate surface area is 235 Å². The van der Waals surface area contributed by atoms with Gasteiger partial charge in [0.05, 0.1) is 18.3 Å². The van der Waals surface area contributed by atoms with Crippen molar-refractivity contribution in [1.29, 1.82) is 0 Å². The van der Waals surface area contributed by atoms with Gasteiger partial charge in [0.25, 0.3) is 5.91 Å². The fourth-order valence-corrected chi connectivity index (χ4v) is 4.96. The Morgan fingerprint density at radius 1 is 1.15 bits per heavy atom. The summed E-state index contributed by atoms with van der Waals surface area (Å²) in [5.74, 6) is 0.855. The zero-order valence-corrected chi connectivity index (χ0v) is 24.6. The topological polar surface area (TPSA) is 135 Å². The average molecular weight is 549 g/mol. The van der Waals surface area contributed by atoms with Gasteiger partial charge in [-0.3, -0.25) is 9.59 Å². The first kappa shape index (κ1) is 33.0. The highest BCUT2D eigenvalue weighted by Crippen LogP contribution is 2.32. The van der Waals surface area contributed by atoms with Gasteiger partial charge in [-0.25, -0.2) is 0 Å². The van der Waals surface area contributed by atoms with Crippen LogP contribution in [0.25, 0.3) is 0 Å². The summed E-state index contributed by atoms with van der Waals surface area (Å²) in [5, 5.41) is 20.1. The molecule has 9 heteroatoms. The molecule has 0 spiro atoms. The lowest BCUT2D eigenvalue weighted by Gasteiger charge is -2.36. The summed E-state index contributed by atoms with van der Waals surface area (Å²) in [6.07, 6.45) is 3.46. The third kappa shape index (κ3) is 10.7. The average Bonchev–Trinajstić information content (AvgIpc) is 2.93. The smallest absolute Gasteiger partial charge is 0.255 e. The molecular weight excluding hydrogens is 496 g/mol. The van der Waals surface area contributed by atoms with Crippen LogP contribution in [0.4, 0.5) is 0 Å². The molecule has 4 atom stereocenters. The van der Waals surface area contributed by atoms with Crippen LogP contribution in [0.3, 0.4) is 0 Å². The number of unbranched alkanes of at least 4 members (excludes halogenated alkanes) is 1. The number of hydrogen-bond donors (Lipinski definition) is 5. The minimum atomic E-state index is -0.876. The summed E-state index contributed by atoms with van der Waals surface area (Å²) in [6.45, 7) is 11.6. The van der Waals surface area contributed by atoms with Crippen LogP contribution in [0.15, 0.2) is 24.3 Å². The van der Waals surface area contributed by atoms with Gasteiger partial charge in [-0.2, -0.15) is 0 Å². The monoisotopic (exact) mass is 548 g/mol. The van der Waals surface area contributed by atoms with Gasteiger partial charge in [0.2, 0.25) is 5.91 Å². The number of ether oxygens (including phenoxy) is 2. The molecule has 9 nitrogen and oxygen atoms in total. The first-order valence-electron chi connectivity index (χ1n) is 14.5. The Bertz CT molecular complexity index is 873. The van der Waals surface area contributed by atoms with Crippen LogP contribution >= 0.6 is 0 Å². The highest BCUT2D eigenvalue weighted by Gasteiger charge is 2.37. The molecule has 0 saturated carbocycles. The van der Waals surface area contributed by atoms with Crippen molar-refractivity contribution in [1.82, 2.24) is 16.0 Å². The van der Waals surface area contributed by atoms with Crippen molar-refractivity contribution < 1.29 is 24.2 Å². The van der Waals surface area contributed by atoms with E-state index >= 15 is 0 Å². The predicted molar refractivity (Wildman–Crippen MR) is 155 cm³/mol. The van der Waals surface area contributed by atoms with Gasteiger partial charge in [-0.15, -0.1) is 0 Å². The van der Waals surface area contributed by atoms with Crippen molar-refractivity contribution in [3.05, 3.63) is 29.8 Å². The van der Waals surface area contributed by atoms with E-state index in [1.807, 2.05) is 26.0 Å². The molecular formula is C30H52N4O5. The maximum Gasteiger partial charge on any atom is 0.255 e. The van der Waals surface area contributed by atoms with Crippen LogP contribution in [0.5, 0.6) is 5.75 Å². The Balaban J connectivity index is 1.85. The summed E-state index contributed by atoms with van der Waals surface area (Å²) in [7, 11) is 1.67. The molecule has 1 aromatic carbocycles. The lowest BCUT2D eigenvalue weighted by molar-refractivity contribution is -0.133. The number of methoxy groups -OCH3 is 1. The maximum atomic E-state index is 13.0. The SMILES string of the molecule is COCCCCOc1ccccc1C(=O)NC[C@@H](C[C@H](N)[C@@H](O)CNC(=O)C(C)(C)[C@@H]1CCCNC1)C(C)C. The molecule has 0 aliphatic carbocycles. The van der Waals surface area contributed by atoms with Crippen LogP contribution in [0, 0.1) is 23.2 Å². The Morgan fingerprint density at radius 2 is 1.87 bits per heavy atom. The third-order valence-electron chi connectivity index (χ3n) is 8.04. The van der Waals surface area contributed by atoms with Crippen LogP contribution < -0.4 is 26.4 Å². The van der Waals surface area contributed by atoms with E-state index in [2.05, 4.69) is 29.8 Å². The van der Waals surface area contributed by atoms with Crippen LogP contribution in [0.1, 0.15) is 70.2 Å². The van der Waals surface area contributed by atoms with E-state index in [9.17, 15) is 14.7 Å². The number of aliphatic hydroxyl groups is 1. The number of amides is 2. The fraction of sp³-hybridized carbons (Fsp3) is 0.733. The van der Waals surface area contributed by atoms with E-state index < -0.39 is 17.6 Å². The molecule has 2 amide bonds. The largest absolute Gasteiger partial charge is 0.493 e. The quantitative estimate of drug-likeness (QED) is 0.189. The summed E-state index contributed by atoms with van der Waals surface area (Å²) < 4.78 is 10.9. The lowest BCUT2D eigenvalue weighted by atomic mass is 9.74. The van der Waals surface area contributed by atoms with Crippen molar-refractivity contribution in [2.24, 2.45) is 28.9 Å². The summed E-state index contributed by atoms with van der Waals surface area (Å²) in [5.41, 5.74) is 6.35. The van der Waals surface area contributed by atoms with Crippen LogP contribution in [-0.4, -0.2) is 75.6 Å². The molecule has 1 saturated heterocycles. The second-order valence-corrected chi connectivity index (χ2v) is 11.7. The number of nitrogens with two attached hydrogens (primary N) is 1. The molecule has 39 heavy (non-hydrogen) atoms. The number of nitrogens with one attached hydrogen (secondary N) is 3. The molecule has 6 N–H and O–H groups in total. The Morgan fingerprint density at radius 3 is 2.54 bits per heavy atom. The van der Waals surface area contributed by atoms with Gasteiger partial charge < -0.3 is 36.3 Å². The molecule has 1 fully saturated rings. The number of aliphatic hydroxyl groups excluding tert-OH is 1. The summed E-state index contributed by atoms with van der Waals surface area (Å²) >= 11 is 0. The summed E-state index contributed by atoms with van der Waals surface area (Å²) in [6, 6.07) is 6.70. The van der Waals surface area contributed by atoms with Gasteiger partial charge in [0.15, 0.2) is 0 Å². The number of carbonyl (C=O) groups is 2. The molecule has 1 aromatic rings. The zero-order valence-electron chi connectivity index (χ0n) is 24.6. The number of carbonyl (C=O) groups excluding carboxylic acids is 2. The molecule has 1 aliphatic rings. The van der Waals surface area contributed by atoms with E-state index in [1.54, 1.807) is 19.2 Å². The van der Waals surface area contributed by atoms with Gasteiger partial charge in [-0.1, -0.05) is 39.8 Å². The molecule has 222 valence electrons. The van der Waals surface area contributed by atoms with Crippen molar-refractivity contribution in [2.75, 3.05) is 46.5 Å². The van der Waals surface area contributed by atoms with Gasteiger partial charge in [0, 0.05) is 38.3 Å². The van der Waals surface area contributed by atoms with Crippen LogP contribution in [0.2, 0.25) is 0 Å². The van der Waals surface area contributed by atoms with Crippen molar-refractivity contribution >= 4 is 11.8 Å². The normalized spacial score (nSPS) is 18.3. The van der Waals surface area contributed by atoms with Crippen molar-refractivity contribution in [3.63, 3.8) is 0 Å². The Kier molecular flexibility index (Phi) is 14.2. The number of para-hydroxylation sites is 1. The van der Waals surface area contributed by atoms with E-state index in [0.29, 0.717) is 37.5 Å². The maximum absolute atomic E-state index is 13.0. The van der Waals surface area contributed by atoms with E-state index in [0.717, 1.165) is 38.8 Å². The minimum Gasteiger partial charge on any atom is -0.493 e. The lowest BCUT2D eigenvalue weighted by Crippen LogP contribution is -2.51. The summed E-state index contributed by atoms with van der Waals surface area (Å²) in [4.78, 5) is 25.9. The first-order chi connectivity index (χ1) is 18.6. The molecule has 0 unspecified atom stereocenters. The molecule has 0 bridgehead atoms.